The molecule has 3 aromatic rings. The number of carbonyl (C=O) groups is 1. The number of rotatable bonds is 8. The highest BCUT2D eigenvalue weighted by atomic mass is 35.5. The first-order valence-corrected chi connectivity index (χ1v) is 12.8. The van der Waals surface area contributed by atoms with Gasteiger partial charge in [-0.3, -0.25) is 25.4 Å². The van der Waals surface area contributed by atoms with E-state index in [-0.39, 0.29) is 26.3 Å². The molecule has 3 aromatic carbocycles. The van der Waals surface area contributed by atoms with Crippen LogP contribution < -0.4 is 16.3 Å². The zero-order chi connectivity index (χ0) is 28.4. The van der Waals surface area contributed by atoms with E-state index < -0.39 is 17.7 Å². The van der Waals surface area contributed by atoms with Gasteiger partial charge in [0.15, 0.2) is 0 Å². The molecule has 1 amide bonds. The van der Waals surface area contributed by atoms with E-state index in [0.29, 0.717) is 34.4 Å². The zero-order valence-electron chi connectivity index (χ0n) is 20.6. The fourth-order valence-electron chi connectivity index (χ4n) is 3.97. The number of alkyl halides is 3. The second-order valence-electron chi connectivity index (χ2n) is 9.09. The monoisotopic (exact) mass is 599 g/mol. The molecule has 1 aliphatic rings. The first-order valence-electron chi connectivity index (χ1n) is 11.7. The van der Waals surface area contributed by atoms with Gasteiger partial charge in [0.25, 0.3) is 5.91 Å². The molecule has 39 heavy (non-hydrogen) atoms. The SMILES string of the molecule is CC(C)CONC=CNC(=O)c1ccc(C2=CC(c3cc(Cl)c(Cl)c(Cl)c3)(C(F)(F)F)ON2)c2ccccc12. The van der Waals surface area contributed by atoms with Gasteiger partial charge in [-0.2, -0.15) is 13.2 Å². The molecule has 3 N–H and O–H groups in total. The molecule has 0 spiro atoms. The number of hydrogen-bond acceptors (Lipinski definition) is 5. The summed E-state index contributed by atoms with van der Waals surface area (Å²) in [6.45, 7) is 4.49. The average Bonchev–Trinajstić information content (AvgIpc) is 3.35. The van der Waals surface area contributed by atoms with Crippen molar-refractivity contribution in [3.8, 4) is 0 Å². The lowest BCUT2D eigenvalue weighted by atomic mass is 9.90. The summed E-state index contributed by atoms with van der Waals surface area (Å²) in [5, 5.41) is 3.32. The Bertz CT molecular complexity index is 1440. The standard InChI is InChI=1S/C27H23Cl3F3N3O3/c1-15(2)14-38-35-10-9-34-25(37)20-8-7-19(17-5-3-4-6-18(17)20)23-13-26(39-36-23,27(31,32)33)16-11-21(28)24(30)22(29)12-16/h3-13,15,35-36H,14H2,1-2H3,(H,34,37). The normalized spacial score (nSPS) is 17.5. The fourth-order valence-corrected chi connectivity index (χ4v) is 4.57. The van der Waals surface area contributed by atoms with Crippen molar-refractivity contribution >= 4 is 57.2 Å². The highest BCUT2D eigenvalue weighted by Crippen LogP contribution is 2.49. The Morgan fingerprint density at radius 2 is 1.74 bits per heavy atom. The van der Waals surface area contributed by atoms with Gasteiger partial charge >= 0.3 is 6.18 Å². The van der Waals surface area contributed by atoms with Gasteiger partial charge in [-0.05, 0) is 41.0 Å². The lowest BCUT2D eigenvalue weighted by Crippen LogP contribution is -2.42. The Morgan fingerprint density at radius 3 is 2.38 bits per heavy atom. The summed E-state index contributed by atoms with van der Waals surface area (Å²) >= 11 is 18.0. The van der Waals surface area contributed by atoms with Gasteiger partial charge in [0.05, 0.1) is 27.4 Å². The van der Waals surface area contributed by atoms with E-state index in [1.54, 1.807) is 30.3 Å². The van der Waals surface area contributed by atoms with Gasteiger partial charge in [-0.15, -0.1) is 0 Å². The predicted molar refractivity (Wildman–Crippen MR) is 146 cm³/mol. The first kappa shape index (κ1) is 29.0. The third kappa shape index (κ3) is 5.97. The number of carbonyl (C=O) groups excluding carboxylic acids is 1. The molecule has 1 atom stereocenters. The Morgan fingerprint density at radius 1 is 1.08 bits per heavy atom. The van der Waals surface area contributed by atoms with Crippen molar-refractivity contribution in [2.45, 2.75) is 25.6 Å². The Kier molecular flexibility index (Phi) is 8.68. The Balaban J connectivity index is 1.69. The van der Waals surface area contributed by atoms with E-state index in [1.807, 2.05) is 13.8 Å². The van der Waals surface area contributed by atoms with Crippen molar-refractivity contribution in [3.05, 3.63) is 98.8 Å². The zero-order valence-corrected chi connectivity index (χ0v) is 22.9. The molecular formula is C27H23Cl3F3N3O3. The van der Waals surface area contributed by atoms with Crippen LogP contribution in [0.2, 0.25) is 15.1 Å². The van der Waals surface area contributed by atoms with E-state index in [0.717, 1.165) is 18.2 Å². The first-order chi connectivity index (χ1) is 18.4. The van der Waals surface area contributed by atoms with E-state index in [2.05, 4.69) is 16.3 Å². The molecule has 0 saturated heterocycles. The van der Waals surface area contributed by atoms with Crippen LogP contribution in [0.3, 0.4) is 0 Å². The van der Waals surface area contributed by atoms with E-state index in [9.17, 15) is 18.0 Å². The topological polar surface area (TPSA) is 71.6 Å². The maximum Gasteiger partial charge on any atom is 0.428 e. The van der Waals surface area contributed by atoms with Crippen molar-refractivity contribution in [2.75, 3.05) is 6.61 Å². The summed E-state index contributed by atoms with van der Waals surface area (Å²) in [5.41, 5.74) is 2.53. The molecule has 0 fully saturated rings. The number of hydrogen-bond donors (Lipinski definition) is 3. The fraction of sp³-hybridized carbons (Fsp3) is 0.222. The van der Waals surface area contributed by atoms with Crippen molar-refractivity contribution in [1.82, 2.24) is 16.3 Å². The Labute approximate surface area is 237 Å². The van der Waals surface area contributed by atoms with Crippen molar-refractivity contribution in [3.63, 3.8) is 0 Å². The van der Waals surface area contributed by atoms with Gasteiger partial charge in [0.2, 0.25) is 5.60 Å². The van der Waals surface area contributed by atoms with Crippen LogP contribution in [0.1, 0.15) is 35.3 Å². The van der Waals surface area contributed by atoms with Crippen LogP contribution in [0.25, 0.3) is 16.5 Å². The van der Waals surface area contributed by atoms with Gasteiger partial charge < -0.3 is 5.32 Å². The average molecular weight is 601 g/mol. The minimum Gasteiger partial charge on any atom is -0.327 e. The molecule has 1 heterocycles. The van der Waals surface area contributed by atoms with Gasteiger partial charge in [0.1, 0.15) is 0 Å². The molecule has 0 radical (unpaired) electrons. The van der Waals surface area contributed by atoms with E-state index >= 15 is 0 Å². The van der Waals surface area contributed by atoms with Gasteiger partial charge in [-0.25, -0.2) is 0 Å². The van der Waals surface area contributed by atoms with Gasteiger partial charge in [0, 0.05) is 29.1 Å². The maximum absolute atomic E-state index is 14.5. The number of amides is 1. The molecule has 206 valence electrons. The molecule has 0 saturated carbocycles. The third-order valence-electron chi connectivity index (χ3n) is 5.83. The second kappa shape index (κ2) is 11.7. The summed E-state index contributed by atoms with van der Waals surface area (Å²) in [5.74, 6) is -0.0809. The van der Waals surface area contributed by atoms with Crippen LogP contribution in [0.5, 0.6) is 0 Å². The highest BCUT2D eigenvalue weighted by Gasteiger charge is 2.60. The van der Waals surface area contributed by atoms with Crippen LogP contribution in [0, 0.1) is 5.92 Å². The van der Waals surface area contributed by atoms with Crippen LogP contribution in [0.4, 0.5) is 13.2 Å². The number of hydroxylamine groups is 2. The number of fused-ring (bicyclic) bond motifs is 1. The van der Waals surface area contributed by atoms with Crippen molar-refractivity contribution in [1.29, 1.82) is 0 Å². The van der Waals surface area contributed by atoms with E-state index in [1.165, 1.54) is 18.5 Å². The smallest absolute Gasteiger partial charge is 0.327 e. The third-order valence-corrected chi connectivity index (χ3v) is 7.02. The summed E-state index contributed by atoms with van der Waals surface area (Å²) in [6, 6.07) is 12.0. The van der Waals surface area contributed by atoms with Crippen LogP contribution in [0.15, 0.2) is 67.0 Å². The predicted octanol–water partition coefficient (Wildman–Crippen LogP) is 7.51. The summed E-state index contributed by atoms with van der Waals surface area (Å²) in [6.07, 6.45) is -1.15. The number of halogens is 6. The number of nitrogens with one attached hydrogen (secondary N) is 3. The summed E-state index contributed by atoms with van der Waals surface area (Å²) < 4.78 is 43.4. The summed E-state index contributed by atoms with van der Waals surface area (Å²) in [4.78, 5) is 23.3. The lowest BCUT2D eigenvalue weighted by Gasteiger charge is -2.29. The molecule has 12 heteroatoms. The second-order valence-corrected chi connectivity index (χ2v) is 10.3. The largest absolute Gasteiger partial charge is 0.428 e. The Hall–Kier alpha value is -2.95. The van der Waals surface area contributed by atoms with Crippen molar-refractivity contribution in [2.24, 2.45) is 5.92 Å². The van der Waals surface area contributed by atoms with Crippen LogP contribution in [-0.2, 0) is 15.3 Å². The molecule has 1 unspecified atom stereocenters. The van der Waals surface area contributed by atoms with Gasteiger partial charge in [-0.1, -0.05) is 79.0 Å². The molecule has 4 rings (SSSR count). The highest BCUT2D eigenvalue weighted by molar-refractivity contribution is 6.48. The molecular weight excluding hydrogens is 578 g/mol. The molecule has 0 bridgehead atoms. The quantitative estimate of drug-likeness (QED) is 0.142. The van der Waals surface area contributed by atoms with Crippen molar-refractivity contribution < 1.29 is 27.6 Å². The summed E-state index contributed by atoms with van der Waals surface area (Å²) in [7, 11) is 0. The lowest BCUT2D eigenvalue weighted by molar-refractivity contribution is -0.269. The maximum atomic E-state index is 14.5. The molecule has 0 aromatic heterocycles. The molecule has 6 nitrogen and oxygen atoms in total. The minimum atomic E-state index is -4.89. The van der Waals surface area contributed by atoms with Crippen LogP contribution in [-0.4, -0.2) is 18.7 Å². The number of benzene rings is 3. The minimum absolute atomic E-state index is 0.0454. The molecule has 0 aliphatic carbocycles. The van der Waals surface area contributed by atoms with E-state index in [4.69, 9.17) is 44.5 Å². The van der Waals surface area contributed by atoms with Crippen LogP contribution >= 0.6 is 34.8 Å². The molecule has 1 aliphatic heterocycles.